The van der Waals surface area contributed by atoms with Crippen LogP contribution in [0.15, 0.2) is 109 Å². The van der Waals surface area contributed by atoms with Crippen LogP contribution in [0.5, 0.6) is 11.5 Å². The number of rotatable bonds is 14. The number of sulfonamides is 1. The molecular formula is C36H41N3O5S. The number of anilines is 1. The van der Waals surface area contributed by atoms with E-state index in [0.29, 0.717) is 17.2 Å². The van der Waals surface area contributed by atoms with Gasteiger partial charge in [-0.05, 0) is 67.8 Å². The lowest BCUT2D eigenvalue weighted by Gasteiger charge is -2.34. The largest absolute Gasteiger partial charge is 0.457 e. The number of aryl methyl sites for hydroxylation is 1. The Morgan fingerprint density at radius 1 is 0.800 bits per heavy atom. The number of carbonyl (C=O) groups excluding carboxylic acids is 2. The molecule has 0 aromatic heterocycles. The molecule has 0 radical (unpaired) electrons. The molecule has 9 heteroatoms. The molecule has 0 aliphatic carbocycles. The van der Waals surface area contributed by atoms with Crippen LogP contribution in [0.1, 0.15) is 37.0 Å². The molecule has 4 rings (SSSR count). The molecule has 0 unspecified atom stereocenters. The van der Waals surface area contributed by atoms with Gasteiger partial charge in [0.15, 0.2) is 0 Å². The lowest BCUT2D eigenvalue weighted by Crippen LogP contribution is -2.54. The molecule has 0 saturated carbocycles. The van der Waals surface area contributed by atoms with Crippen molar-refractivity contribution in [1.82, 2.24) is 10.2 Å². The average molecular weight is 628 g/mol. The maximum absolute atomic E-state index is 14.3. The van der Waals surface area contributed by atoms with Crippen LogP contribution < -0.4 is 14.4 Å². The summed E-state index contributed by atoms with van der Waals surface area (Å²) < 4.78 is 33.1. The Kier molecular flexibility index (Phi) is 11.4. The van der Waals surface area contributed by atoms with E-state index >= 15 is 0 Å². The summed E-state index contributed by atoms with van der Waals surface area (Å²) in [5, 5.41) is 3.04. The Hall–Kier alpha value is -4.63. The van der Waals surface area contributed by atoms with Crippen LogP contribution in [0, 0.1) is 6.92 Å². The van der Waals surface area contributed by atoms with Crippen molar-refractivity contribution in [3.63, 3.8) is 0 Å². The fourth-order valence-corrected chi connectivity index (χ4v) is 5.65. The van der Waals surface area contributed by atoms with Gasteiger partial charge in [0.1, 0.15) is 24.1 Å². The molecule has 0 heterocycles. The molecule has 0 fully saturated rings. The van der Waals surface area contributed by atoms with Crippen molar-refractivity contribution in [2.45, 2.75) is 52.2 Å². The van der Waals surface area contributed by atoms with E-state index in [0.717, 1.165) is 33.7 Å². The minimum absolute atomic E-state index is 0.101. The molecule has 236 valence electrons. The summed E-state index contributed by atoms with van der Waals surface area (Å²) in [5.41, 5.74) is 3.09. The molecule has 0 aliphatic rings. The minimum Gasteiger partial charge on any atom is -0.457 e. The first-order chi connectivity index (χ1) is 21.5. The summed E-state index contributed by atoms with van der Waals surface area (Å²) in [6.07, 6.45) is 2.06. The monoisotopic (exact) mass is 627 g/mol. The van der Waals surface area contributed by atoms with Crippen molar-refractivity contribution in [1.29, 1.82) is 0 Å². The second kappa shape index (κ2) is 15.4. The molecule has 0 spiro atoms. The van der Waals surface area contributed by atoms with Gasteiger partial charge in [-0.1, -0.05) is 85.3 Å². The van der Waals surface area contributed by atoms with E-state index in [4.69, 9.17) is 4.74 Å². The lowest BCUT2D eigenvalue weighted by atomic mass is 10.0. The number of ether oxygens (including phenoxy) is 1. The van der Waals surface area contributed by atoms with Crippen LogP contribution in [0.2, 0.25) is 0 Å². The van der Waals surface area contributed by atoms with Gasteiger partial charge >= 0.3 is 0 Å². The van der Waals surface area contributed by atoms with Gasteiger partial charge in [-0.15, -0.1) is 0 Å². The van der Waals surface area contributed by atoms with Gasteiger partial charge in [0.25, 0.3) is 0 Å². The van der Waals surface area contributed by atoms with Crippen LogP contribution in [-0.4, -0.2) is 50.0 Å². The summed E-state index contributed by atoms with van der Waals surface area (Å²) in [7, 11) is -3.88. The number of para-hydroxylation sites is 1. The summed E-state index contributed by atoms with van der Waals surface area (Å²) >= 11 is 0. The molecule has 0 saturated heterocycles. The van der Waals surface area contributed by atoms with Gasteiger partial charge in [-0.3, -0.25) is 13.9 Å². The summed E-state index contributed by atoms with van der Waals surface area (Å²) in [4.78, 5) is 29.6. The Morgan fingerprint density at radius 3 is 1.96 bits per heavy atom. The van der Waals surface area contributed by atoms with Crippen molar-refractivity contribution in [2.24, 2.45) is 0 Å². The third-order valence-electron chi connectivity index (χ3n) is 7.53. The number of carbonyl (C=O) groups is 2. The quantitative estimate of drug-likeness (QED) is 0.182. The summed E-state index contributed by atoms with van der Waals surface area (Å²) in [5.74, 6) is 0.385. The molecule has 45 heavy (non-hydrogen) atoms. The Balaban J connectivity index is 1.67. The maximum atomic E-state index is 14.3. The van der Waals surface area contributed by atoms with Crippen LogP contribution in [0.4, 0.5) is 5.69 Å². The predicted octanol–water partition coefficient (Wildman–Crippen LogP) is 6.11. The molecular weight excluding hydrogens is 586 g/mol. The molecule has 4 aromatic carbocycles. The van der Waals surface area contributed by atoms with Gasteiger partial charge in [-0.25, -0.2) is 8.42 Å². The van der Waals surface area contributed by atoms with Gasteiger partial charge in [0, 0.05) is 19.0 Å². The second-order valence-corrected chi connectivity index (χ2v) is 13.1. The van der Waals surface area contributed by atoms with E-state index in [1.807, 2.05) is 106 Å². The number of hydrogen-bond donors (Lipinski definition) is 1. The maximum Gasteiger partial charge on any atom is 0.244 e. The van der Waals surface area contributed by atoms with Crippen molar-refractivity contribution in [3.05, 3.63) is 126 Å². The van der Waals surface area contributed by atoms with Gasteiger partial charge in [-0.2, -0.15) is 0 Å². The van der Waals surface area contributed by atoms with Crippen LogP contribution in [-0.2, 0) is 32.6 Å². The highest BCUT2D eigenvalue weighted by Crippen LogP contribution is 2.26. The van der Waals surface area contributed by atoms with E-state index < -0.39 is 28.5 Å². The van der Waals surface area contributed by atoms with Crippen LogP contribution in [0.25, 0.3) is 0 Å². The highest BCUT2D eigenvalue weighted by Gasteiger charge is 2.33. The van der Waals surface area contributed by atoms with Crippen molar-refractivity contribution >= 4 is 27.5 Å². The first-order valence-corrected chi connectivity index (χ1v) is 16.9. The smallest absolute Gasteiger partial charge is 0.244 e. The first-order valence-electron chi connectivity index (χ1n) is 15.0. The average Bonchev–Trinajstić information content (AvgIpc) is 3.03. The number of benzene rings is 4. The van der Waals surface area contributed by atoms with E-state index in [2.05, 4.69) is 5.32 Å². The summed E-state index contributed by atoms with van der Waals surface area (Å²) in [6.45, 7) is 5.52. The molecule has 2 amide bonds. The molecule has 2 atom stereocenters. The fourth-order valence-electron chi connectivity index (χ4n) is 4.80. The van der Waals surface area contributed by atoms with Crippen molar-refractivity contribution < 1.29 is 22.7 Å². The third kappa shape index (κ3) is 9.68. The molecule has 1 N–H and O–H groups in total. The standard InChI is InChI=1S/C36H41N3O5S/c1-5-28(3)37-36(41)34(24-29-12-8-6-9-13-29)38(25-30-18-16-27(2)17-19-30)35(40)26-39(45(4,42)43)31-20-22-33(23-21-31)44-32-14-10-7-11-15-32/h6-23,28,34H,5,24-26H2,1-4H3,(H,37,41)/t28-,34+/m1/s1. The normalized spacial score (nSPS) is 12.5. The predicted molar refractivity (Wildman–Crippen MR) is 179 cm³/mol. The van der Waals surface area contributed by atoms with Crippen molar-refractivity contribution in [2.75, 3.05) is 17.1 Å². The molecule has 8 nitrogen and oxygen atoms in total. The highest BCUT2D eigenvalue weighted by molar-refractivity contribution is 7.92. The third-order valence-corrected chi connectivity index (χ3v) is 8.67. The number of hydrogen-bond acceptors (Lipinski definition) is 5. The zero-order valence-corrected chi connectivity index (χ0v) is 27.0. The van der Waals surface area contributed by atoms with E-state index in [1.54, 1.807) is 24.3 Å². The van der Waals surface area contributed by atoms with Crippen LogP contribution >= 0.6 is 0 Å². The van der Waals surface area contributed by atoms with Gasteiger partial charge in [0.2, 0.25) is 21.8 Å². The minimum atomic E-state index is -3.88. The first kappa shape index (κ1) is 33.3. The van der Waals surface area contributed by atoms with Gasteiger partial charge < -0.3 is 15.0 Å². The number of nitrogens with zero attached hydrogens (tertiary/aromatic N) is 2. The SMILES string of the molecule is CC[C@@H](C)NC(=O)[C@H](Cc1ccccc1)N(Cc1ccc(C)cc1)C(=O)CN(c1ccc(Oc2ccccc2)cc1)S(C)(=O)=O. The Labute approximate surface area is 266 Å². The summed E-state index contributed by atoms with van der Waals surface area (Å²) in [6, 6.07) is 32.0. The molecule has 0 aliphatic heterocycles. The van der Waals surface area contributed by atoms with E-state index in [9.17, 15) is 18.0 Å². The van der Waals surface area contributed by atoms with Crippen LogP contribution in [0.3, 0.4) is 0 Å². The number of amides is 2. The topological polar surface area (TPSA) is 96.0 Å². The Morgan fingerprint density at radius 2 is 1.38 bits per heavy atom. The Bertz CT molecular complexity index is 1640. The zero-order chi connectivity index (χ0) is 32.4. The molecule has 4 aromatic rings. The van der Waals surface area contributed by atoms with E-state index in [1.165, 1.54) is 4.90 Å². The molecule has 0 bridgehead atoms. The van der Waals surface area contributed by atoms with Crippen molar-refractivity contribution in [3.8, 4) is 11.5 Å². The zero-order valence-electron chi connectivity index (χ0n) is 26.2. The van der Waals surface area contributed by atoms with E-state index in [-0.39, 0.29) is 24.9 Å². The second-order valence-electron chi connectivity index (χ2n) is 11.2. The fraction of sp³-hybridized carbons (Fsp3) is 0.278. The number of nitrogens with one attached hydrogen (secondary N) is 1. The lowest BCUT2D eigenvalue weighted by molar-refractivity contribution is -0.140. The van der Waals surface area contributed by atoms with Gasteiger partial charge in [0.05, 0.1) is 11.9 Å². The highest BCUT2D eigenvalue weighted by atomic mass is 32.2.